The van der Waals surface area contributed by atoms with Gasteiger partial charge in [-0.05, 0) is 72.1 Å². The first-order chi connectivity index (χ1) is 15.2. The van der Waals surface area contributed by atoms with Gasteiger partial charge in [0.15, 0.2) is 11.6 Å². The fourth-order valence-electron chi connectivity index (χ4n) is 4.24. The van der Waals surface area contributed by atoms with E-state index in [1.807, 2.05) is 6.07 Å². The molecule has 5 rings (SSSR count). The van der Waals surface area contributed by atoms with E-state index in [1.165, 1.54) is 16.7 Å². The molecule has 0 atom stereocenters. The number of rotatable bonds is 5. The Morgan fingerprint density at radius 2 is 1.68 bits per heavy atom. The van der Waals surface area contributed by atoms with Crippen LogP contribution in [0.2, 0.25) is 0 Å². The zero-order valence-corrected chi connectivity index (χ0v) is 17.9. The van der Waals surface area contributed by atoms with Crippen molar-refractivity contribution in [3.8, 4) is 0 Å². The van der Waals surface area contributed by atoms with E-state index in [1.54, 1.807) is 0 Å². The van der Waals surface area contributed by atoms with Crippen LogP contribution in [0.3, 0.4) is 0 Å². The lowest BCUT2D eigenvalue weighted by Gasteiger charge is -2.33. The monoisotopic (exact) mass is 414 g/mol. The highest BCUT2D eigenvalue weighted by molar-refractivity contribution is 5.78. The molecule has 1 fully saturated rings. The van der Waals surface area contributed by atoms with Crippen LogP contribution >= 0.6 is 0 Å². The standard InChI is InChI=1S/C24H26N6O/c1-16-7-6-10-20(17(16)2)25-23-24(27-22-21(26-23)28-31-29-22)30-13-11-19(12-14-30)15-18-8-4-3-5-9-18/h3-10,19H,11-15H2,1-2H3,(H,25,26,28). The van der Waals surface area contributed by atoms with Gasteiger partial charge in [0.2, 0.25) is 11.3 Å². The lowest BCUT2D eigenvalue weighted by atomic mass is 9.90. The SMILES string of the molecule is Cc1cccc(Nc2nc3nonc3nc2N2CCC(Cc3ccccc3)CC2)c1C. The van der Waals surface area contributed by atoms with E-state index in [0.717, 1.165) is 43.9 Å². The molecule has 0 saturated carbocycles. The molecule has 7 nitrogen and oxygen atoms in total. The highest BCUT2D eigenvalue weighted by Crippen LogP contribution is 2.32. The van der Waals surface area contributed by atoms with Gasteiger partial charge >= 0.3 is 0 Å². The van der Waals surface area contributed by atoms with Crippen molar-refractivity contribution in [2.24, 2.45) is 5.92 Å². The second kappa shape index (κ2) is 8.34. The molecular weight excluding hydrogens is 388 g/mol. The van der Waals surface area contributed by atoms with Gasteiger partial charge in [-0.3, -0.25) is 0 Å². The zero-order chi connectivity index (χ0) is 21.2. The maximum atomic E-state index is 4.87. The largest absolute Gasteiger partial charge is 0.353 e. The first-order valence-electron chi connectivity index (χ1n) is 10.8. The van der Waals surface area contributed by atoms with E-state index in [-0.39, 0.29) is 0 Å². The molecule has 7 heteroatoms. The number of nitrogens with zero attached hydrogens (tertiary/aromatic N) is 5. The fourth-order valence-corrected chi connectivity index (χ4v) is 4.24. The van der Waals surface area contributed by atoms with Crippen LogP contribution in [-0.2, 0) is 6.42 Å². The second-order valence-electron chi connectivity index (χ2n) is 8.30. The Bertz CT molecular complexity index is 1180. The molecule has 0 aliphatic carbocycles. The summed E-state index contributed by atoms with van der Waals surface area (Å²) in [4.78, 5) is 11.7. The number of hydrogen-bond acceptors (Lipinski definition) is 7. The summed E-state index contributed by atoms with van der Waals surface area (Å²) >= 11 is 0. The fraction of sp³-hybridized carbons (Fsp3) is 0.333. The summed E-state index contributed by atoms with van der Waals surface area (Å²) in [7, 11) is 0. The van der Waals surface area contributed by atoms with Crippen LogP contribution in [0.1, 0.15) is 29.5 Å². The Morgan fingerprint density at radius 3 is 2.45 bits per heavy atom. The molecule has 0 bridgehead atoms. The van der Waals surface area contributed by atoms with Gasteiger partial charge in [-0.2, -0.15) is 0 Å². The van der Waals surface area contributed by atoms with E-state index in [0.29, 0.717) is 23.0 Å². The lowest BCUT2D eigenvalue weighted by Crippen LogP contribution is -2.35. The lowest BCUT2D eigenvalue weighted by molar-refractivity contribution is 0.314. The molecule has 0 unspecified atom stereocenters. The summed E-state index contributed by atoms with van der Waals surface area (Å²) in [5.74, 6) is 2.18. The van der Waals surface area contributed by atoms with Gasteiger partial charge in [0.1, 0.15) is 0 Å². The Labute approximate surface area is 181 Å². The Morgan fingerprint density at radius 1 is 0.935 bits per heavy atom. The van der Waals surface area contributed by atoms with Gasteiger partial charge < -0.3 is 10.2 Å². The number of hydrogen-bond donors (Lipinski definition) is 1. The van der Waals surface area contributed by atoms with Crippen molar-refractivity contribution in [1.29, 1.82) is 0 Å². The molecule has 0 radical (unpaired) electrons. The van der Waals surface area contributed by atoms with Gasteiger partial charge in [-0.15, -0.1) is 0 Å². The van der Waals surface area contributed by atoms with Crippen LogP contribution in [-0.4, -0.2) is 33.4 Å². The van der Waals surface area contributed by atoms with Gasteiger partial charge in [0, 0.05) is 18.8 Å². The van der Waals surface area contributed by atoms with Crippen LogP contribution in [0.5, 0.6) is 0 Å². The third kappa shape index (κ3) is 4.08. The van der Waals surface area contributed by atoms with E-state index in [2.05, 4.69) is 81.8 Å². The van der Waals surface area contributed by atoms with E-state index >= 15 is 0 Å². The molecule has 0 amide bonds. The summed E-state index contributed by atoms with van der Waals surface area (Å²) in [5, 5.41) is 11.3. The number of anilines is 3. The summed E-state index contributed by atoms with van der Waals surface area (Å²) in [6.45, 7) is 6.08. The van der Waals surface area contributed by atoms with E-state index < -0.39 is 0 Å². The average molecular weight is 415 g/mol. The van der Waals surface area contributed by atoms with Gasteiger partial charge in [0.05, 0.1) is 0 Å². The third-order valence-electron chi connectivity index (χ3n) is 6.23. The molecular formula is C24H26N6O. The molecule has 1 saturated heterocycles. The molecule has 3 heterocycles. The topological polar surface area (TPSA) is 80.0 Å². The molecule has 4 aromatic rings. The molecule has 31 heavy (non-hydrogen) atoms. The maximum Gasteiger partial charge on any atom is 0.245 e. The average Bonchev–Trinajstić information content (AvgIpc) is 3.25. The van der Waals surface area contributed by atoms with Crippen LogP contribution < -0.4 is 10.2 Å². The highest BCUT2D eigenvalue weighted by Gasteiger charge is 2.25. The summed E-state index contributed by atoms with van der Waals surface area (Å²) < 4.78 is 4.87. The quantitative estimate of drug-likeness (QED) is 0.501. The minimum Gasteiger partial charge on any atom is -0.353 e. The number of piperidine rings is 1. The van der Waals surface area contributed by atoms with Crippen molar-refractivity contribution in [2.75, 3.05) is 23.3 Å². The smallest absolute Gasteiger partial charge is 0.245 e. The van der Waals surface area contributed by atoms with E-state index in [4.69, 9.17) is 9.61 Å². The Balaban J connectivity index is 1.39. The van der Waals surface area contributed by atoms with Crippen LogP contribution in [0, 0.1) is 19.8 Å². The van der Waals surface area contributed by atoms with Crippen molar-refractivity contribution >= 4 is 28.6 Å². The Kier molecular flexibility index (Phi) is 5.24. The van der Waals surface area contributed by atoms with E-state index in [9.17, 15) is 0 Å². The van der Waals surface area contributed by atoms with Crippen molar-refractivity contribution < 1.29 is 4.63 Å². The van der Waals surface area contributed by atoms with Gasteiger partial charge in [-0.25, -0.2) is 14.6 Å². The molecule has 158 valence electrons. The Hall–Kier alpha value is -3.48. The number of nitrogens with one attached hydrogen (secondary N) is 1. The molecule has 2 aromatic heterocycles. The zero-order valence-electron chi connectivity index (χ0n) is 17.9. The first kappa shape index (κ1) is 19.5. The minimum atomic E-state index is 0.413. The van der Waals surface area contributed by atoms with Crippen molar-refractivity contribution in [3.63, 3.8) is 0 Å². The minimum absolute atomic E-state index is 0.413. The molecule has 2 aromatic carbocycles. The maximum absolute atomic E-state index is 4.87. The van der Waals surface area contributed by atoms with Crippen molar-refractivity contribution in [1.82, 2.24) is 20.3 Å². The van der Waals surface area contributed by atoms with Crippen LogP contribution in [0.4, 0.5) is 17.3 Å². The summed E-state index contributed by atoms with van der Waals surface area (Å²) in [5.41, 5.74) is 5.70. The van der Waals surface area contributed by atoms with Crippen LogP contribution in [0.15, 0.2) is 53.2 Å². The summed E-state index contributed by atoms with van der Waals surface area (Å²) in [6, 6.07) is 17.0. The molecule has 1 aliphatic rings. The van der Waals surface area contributed by atoms with Crippen LogP contribution in [0.25, 0.3) is 11.3 Å². The predicted octanol–water partition coefficient (Wildman–Crippen LogP) is 4.83. The second-order valence-corrected chi connectivity index (χ2v) is 8.30. The molecule has 1 N–H and O–H groups in total. The number of fused-ring (bicyclic) bond motifs is 1. The molecule has 1 aliphatic heterocycles. The van der Waals surface area contributed by atoms with Crippen molar-refractivity contribution in [2.45, 2.75) is 33.1 Å². The number of aryl methyl sites for hydroxylation is 1. The number of benzene rings is 2. The first-order valence-corrected chi connectivity index (χ1v) is 10.8. The highest BCUT2D eigenvalue weighted by atomic mass is 16.6. The van der Waals surface area contributed by atoms with Gasteiger partial charge in [-0.1, -0.05) is 42.5 Å². The molecule has 0 spiro atoms. The third-order valence-corrected chi connectivity index (χ3v) is 6.23. The normalized spacial score (nSPS) is 14.8. The predicted molar refractivity (Wildman–Crippen MR) is 122 cm³/mol. The summed E-state index contributed by atoms with van der Waals surface area (Å²) in [6.07, 6.45) is 3.36. The van der Waals surface area contributed by atoms with Gasteiger partial charge in [0.25, 0.3) is 0 Å². The van der Waals surface area contributed by atoms with Crippen molar-refractivity contribution in [3.05, 3.63) is 65.2 Å². The number of aromatic nitrogens is 4.